The first-order chi connectivity index (χ1) is 16.8. The number of nitrogens with one attached hydrogen (secondary N) is 1. The van der Waals surface area contributed by atoms with Gasteiger partial charge < -0.3 is 14.5 Å². The fraction of sp³-hybridized carbons (Fsp3) is 0.308. The summed E-state index contributed by atoms with van der Waals surface area (Å²) in [5, 5.41) is 11.5. The van der Waals surface area contributed by atoms with Gasteiger partial charge in [0.15, 0.2) is 20.0 Å². The number of H-pyrrole nitrogens is 1. The zero-order valence-electron chi connectivity index (χ0n) is 20.7. The minimum atomic E-state index is -2.27. The van der Waals surface area contributed by atoms with Crippen LogP contribution >= 0.6 is 11.6 Å². The smallest absolute Gasteiger partial charge is 0.329 e. The van der Waals surface area contributed by atoms with Crippen LogP contribution in [0.15, 0.2) is 46.2 Å². The Kier molecular flexibility index (Phi) is 6.85. The number of allylic oxidation sites excluding steroid dienone is 1. The number of hydrogen-bond acceptors (Lipinski definition) is 4. The third-order valence-corrected chi connectivity index (χ3v) is 11.6. The van der Waals surface area contributed by atoms with Crippen molar-refractivity contribution in [3.05, 3.63) is 80.4 Å². The summed E-state index contributed by atoms with van der Waals surface area (Å²) in [6, 6.07) is 7.77. The average Bonchev–Trinajstić information content (AvgIpc) is 3.30. The van der Waals surface area contributed by atoms with Gasteiger partial charge in [0.2, 0.25) is 5.88 Å². The van der Waals surface area contributed by atoms with Gasteiger partial charge in [-0.2, -0.15) is 0 Å². The average molecular weight is 532 g/mol. The zero-order valence-corrected chi connectivity index (χ0v) is 22.5. The number of hydrogen-bond donors (Lipinski definition) is 2. The van der Waals surface area contributed by atoms with Crippen molar-refractivity contribution in [3.63, 3.8) is 0 Å². The van der Waals surface area contributed by atoms with Crippen LogP contribution in [-0.2, 0) is 4.43 Å². The van der Waals surface area contributed by atoms with E-state index in [9.17, 15) is 18.7 Å². The van der Waals surface area contributed by atoms with Crippen molar-refractivity contribution in [2.24, 2.45) is 4.99 Å². The van der Waals surface area contributed by atoms with Gasteiger partial charge >= 0.3 is 5.69 Å². The van der Waals surface area contributed by atoms with Crippen LogP contribution < -0.4 is 5.69 Å². The highest BCUT2D eigenvalue weighted by molar-refractivity contribution is 6.74. The van der Waals surface area contributed by atoms with Crippen LogP contribution in [0.4, 0.5) is 14.5 Å². The van der Waals surface area contributed by atoms with Crippen molar-refractivity contribution in [3.8, 4) is 5.88 Å². The van der Waals surface area contributed by atoms with Crippen LogP contribution in [0.25, 0.3) is 11.6 Å². The van der Waals surface area contributed by atoms with E-state index in [2.05, 4.69) is 30.7 Å². The molecule has 0 aliphatic carbocycles. The van der Waals surface area contributed by atoms with Crippen LogP contribution in [0.5, 0.6) is 5.88 Å². The van der Waals surface area contributed by atoms with Crippen LogP contribution in [0, 0.1) is 11.6 Å². The Bertz CT molecular complexity index is 1440. The molecule has 190 valence electrons. The lowest BCUT2D eigenvalue weighted by molar-refractivity contribution is 0.237. The van der Waals surface area contributed by atoms with E-state index in [1.165, 1.54) is 6.07 Å². The molecule has 36 heavy (non-hydrogen) atoms. The maximum atomic E-state index is 14.2. The van der Waals surface area contributed by atoms with E-state index >= 15 is 0 Å². The summed E-state index contributed by atoms with van der Waals surface area (Å²) in [5.41, 5.74) is 1.99. The highest BCUT2D eigenvalue weighted by atomic mass is 35.5. The summed E-state index contributed by atoms with van der Waals surface area (Å²) in [5.74, 6) is -2.40. The van der Waals surface area contributed by atoms with Crippen LogP contribution in [0.2, 0.25) is 23.2 Å². The molecule has 2 heterocycles. The summed E-state index contributed by atoms with van der Waals surface area (Å²) in [6.07, 6.45) is 3.22. The van der Waals surface area contributed by atoms with Crippen molar-refractivity contribution in [1.82, 2.24) is 9.55 Å². The van der Waals surface area contributed by atoms with E-state index in [1.807, 2.05) is 13.1 Å². The molecule has 1 aromatic heterocycles. The van der Waals surface area contributed by atoms with Gasteiger partial charge in [0, 0.05) is 22.4 Å². The predicted molar refractivity (Wildman–Crippen MR) is 142 cm³/mol. The molecule has 0 radical (unpaired) electrons. The van der Waals surface area contributed by atoms with Crippen LogP contribution in [0.3, 0.4) is 0 Å². The summed E-state index contributed by atoms with van der Waals surface area (Å²) in [6.45, 7) is 10.3. The topological polar surface area (TPSA) is 79.6 Å². The van der Waals surface area contributed by atoms with E-state index < -0.39 is 31.7 Å². The number of rotatable bonds is 6. The van der Waals surface area contributed by atoms with Gasteiger partial charge in [-0.15, -0.1) is 0 Å². The Morgan fingerprint density at radius 2 is 1.92 bits per heavy atom. The summed E-state index contributed by atoms with van der Waals surface area (Å²) in [4.78, 5) is 20.1. The molecule has 10 heteroatoms. The largest absolute Gasteiger partial charge is 0.493 e. The maximum Gasteiger partial charge on any atom is 0.329 e. The second-order valence-electron chi connectivity index (χ2n) is 10.3. The molecule has 2 N–H and O–H groups in total. The van der Waals surface area contributed by atoms with E-state index in [-0.39, 0.29) is 23.2 Å². The first-order valence-electron chi connectivity index (χ1n) is 11.5. The van der Waals surface area contributed by atoms with Gasteiger partial charge in [0.25, 0.3) is 0 Å². The van der Waals surface area contributed by atoms with Gasteiger partial charge in [-0.05, 0) is 54.0 Å². The third kappa shape index (κ3) is 4.96. The number of aliphatic imine (C=N–C) groups is 1. The van der Waals surface area contributed by atoms with E-state index in [1.54, 1.807) is 30.5 Å². The quantitative estimate of drug-likeness (QED) is 0.348. The highest BCUT2D eigenvalue weighted by Gasteiger charge is 2.38. The number of aromatic hydroxyl groups is 1. The van der Waals surface area contributed by atoms with Crippen molar-refractivity contribution in [2.45, 2.75) is 44.9 Å². The molecule has 3 aromatic rings. The van der Waals surface area contributed by atoms with Crippen LogP contribution in [-0.4, -0.2) is 35.8 Å². The van der Waals surface area contributed by atoms with Crippen LogP contribution in [0.1, 0.15) is 43.6 Å². The monoisotopic (exact) mass is 531 g/mol. The molecule has 6 nitrogen and oxygen atoms in total. The molecule has 1 atom stereocenters. The zero-order chi connectivity index (χ0) is 26.4. The number of imidazole rings is 1. The fourth-order valence-electron chi connectivity index (χ4n) is 3.73. The van der Waals surface area contributed by atoms with Gasteiger partial charge in [0.05, 0.1) is 18.3 Å². The van der Waals surface area contributed by atoms with Crippen molar-refractivity contribution in [1.29, 1.82) is 0 Å². The Balaban J connectivity index is 1.77. The second-order valence-corrected chi connectivity index (χ2v) is 15.6. The molecule has 0 saturated heterocycles. The first kappa shape index (κ1) is 26.1. The molecule has 1 unspecified atom stereocenters. The van der Waals surface area contributed by atoms with E-state index in [0.717, 1.165) is 22.3 Å². The summed E-state index contributed by atoms with van der Waals surface area (Å²) in [7, 11) is -2.27. The van der Waals surface area contributed by atoms with Crippen molar-refractivity contribution < 1.29 is 18.3 Å². The molecule has 2 aromatic carbocycles. The molecule has 1 aliphatic rings. The van der Waals surface area contributed by atoms with E-state index in [0.29, 0.717) is 21.8 Å². The Morgan fingerprint density at radius 3 is 2.58 bits per heavy atom. The summed E-state index contributed by atoms with van der Waals surface area (Å²) >= 11 is 6.04. The van der Waals surface area contributed by atoms with Gasteiger partial charge in [-0.25, -0.2) is 13.6 Å². The highest BCUT2D eigenvalue weighted by Crippen LogP contribution is 2.39. The Labute approximate surface area is 214 Å². The van der Waals surface area contributed by atoms with Crippen molar-refractivity contribution >= 4 is 43.5 Å². The number of halogens is 3. The lowest BCUT2D eigenvalue weighted by Gasteiger charge is -2.37. The molecular weight excluding hydrogens is 504 g/mol. The van der Waals surface area contributed by atoms with Gasteiger partial charge in [-0.1, -0.05) is 44.5 Å². The molecule has 1 aliphatic heterocycles. The molecule has 0 saturated carbocycles. The molecule has 4 rings (SSSR count). The minimum absolute atomic E-state index is 0.00825. The molecule has 0 fully saturated rings. The second kappa shape index (κ2) is 9.46. The molecule has 0 spiro atoms. The lowest BCUT2D eigenvalue weighted by atomic mass is 10.1. The fourth-order valence-corrected chi connectivity index (χ4v) is 4.90. The molecular formula is C26H28ClF2N3O3Si. The number of nitrogens with zero attached hydrogens (tertiary/aromatic N) is 2. The number of benzene rings is 2. The maximum absolute atomic E-state index is 14.2. The third-order valence-electron chi connectivity index (χ3n) is 6.89. The number of aromatic nitrogens is 2. The minimum Gasteiger partial charge on any atom is -0.493 e. The normalized spacial score (nSPS) is 15.5. The number of fused-ring (bicyclic) bond motifs is 1. The molecule has 0 bridgehead atoms. The molecule has 0 amide bonds. The Morgan fingerprint density at radius 1 is 1.19 bits per heavy atom. The predicted octanol–water partition coefficient (Wildman–Crippen LogP) is 6.68. The summed E-state index contributed by atoms with van der Waals surface area (Å²) < 4.78 is 35.3. The van der Waals surface area contributed by atoms with Gasteiger partial charge in [0.1, 0.15) is 5.69 Å². The SMILES string of the molecule is CC(C)(C)[Si](C)(C)OCC(c1ccc(F)c(F)c1)n1c(O)c(C=C2C=Nc3cc(Cl)ccc32)[nH]c1=O. The Hall–Kier alpha value is -3.01. The lowest BCUT2D eigenvalue weighted by Crippen LogP contribution is -2.42. The van der Waals surface area contributed by atoms with Crippen molar-refractivity contribution in [2.75, 3.05) is 6.61 Å². The van der Waals surface area contributed by atoms with E-state index in [4.69, 9.17) is 16.0 Å². The first-order valence-corrected chi connectivity index (χ1v) is 14.7. The number of aromatic amines is 1. The van der Waals surface area contributed by atoms with Gasteiger partial charge in [-0.3, -0.25) is 9.56 Å². The standard InChI is InChI=1S/C26H28ClF2N3O3Si/c1-26(2,3)36(4,5)35-14-23(15-6-9-19(28)20(29)10-15)32-24(33)22(31-25(32)34)11-16-13-30-21-12-17(27)7-8-18(16)21/h6-13,23,33H,14H2,1-5H3,(H,31,34).